The molecule has 0 saturated heterocycles. The fraction of sp³-hybridized carbons (Fsp3) is 0. The molecule has 0 fully saturated rings. The summed E-state index contributed by atoms with van der Waals surface area (Å²) in [7, 11) is 0. The van der Waals surface area contributed by atoms with Gasteiger partial charge in [0.25, 0.3) is 0 Å². The van der Waals surface area contributed by atoms with Gasteiger partial charge in [0.1, 0.15) is 22.3 Å². The monoisotopic (exact) mass is 703 g/mol. The van der Waals surface area contributed by atoms with Gasteiger partial charge in [-0.05, 0) is 111 Å². The summed E-state index contributed by atoms with van der Waals surface area (Å²) in [4.78, 5) is 2.35. The van der Waals surface area contributed by atoms with Gasteiger partial charge < -0.3 is 13.7 Å². The molecular formula is C52H33NO2. The molecule has 55 heavy (non-hydrogen) atoms. The molecule has 0 amide bonds. The van der Waals surface area contributed by atoms with E-state index < -0.39 is 0 Å². The first-order valence-corrected chi connectivity index (χ1v) is 18.7. The van der Waals surface area contributed by atoms with Crippen LogP contribution in [0, 0.1) is 0 Å². The minimum Gasteiger partial charge on any atom is -0.456 e. The van der Waals surface area contributed by atoms with Crippen molar-refractivity contribution in [1.82, 2.24) is 0 Å². The number of anilines is 3. The van der Waals surface area contributed by atoms with Gasteiger partial charge in [0.2, 0.25) is 0 Å². The lowest BCUT2D eigenvalue weighted by atomic mass is 9.97. The molecule has 0 aliphatic carbocycles. The van der Waals surface area contributed by atoms with E-state index in [4.69, 9.17) is 8.83 Å². The zero-order valence-corrected chi connectivity index (χ0v) is 29.8. The van der Waals surface area contributed by atoms with E-state index in [0.29, 0.717) is 0 Å². The molecule has 11 aromatic rings. The first-order chi connectivity index (χ1) is 27.2. The lowest BCUT2D eigenvalue weighted by molar-refractivity contribution is 0.668. The zero-order chi connectivity index (χ0) is 36.3. The Hall–Kier alpha value is -7.36. The highest BCUT2D eigenvalue weighted by atomic mass is 16.3. The van der Waals surface area contributed by atoms with Gasteiger partial charge in [-0.3, -0.25) is 0 Å². The first-order valence-electron chi connectivity index (χ1n) is 18.7. The molecule has 0 unspecified atom stereocenters. The summed E-state index contributed by atoms with van der Waals surface area (Å²) >= 11 is 0. The predicted octanol–water partition coefficient (Wildman–Crippen LogP) is 15.1. The van der Waals surface area contributed by atoms with Crippen LogP contribution in [0.3, 0.4) is 0 Å². The third-order valence-corrected chi connectivity index (χ3v) is 10.9. The Kier molecular flexibility index (Phi) is 7.17. The number of hydrogen-bond donors (Lipinski definition) is 0. The van der Waals surface area contributed by atoms with Gasteiger partial charge in [-0.15, -0.1) is 0 Å². The molecule has 3 nitrogen and oxygen atoms in total. The third-order valence-electron chi connectivity index (χ3n) is 10.9. The number of hydrogen-bond acceptors (Lipinski definition) is 3. The summed E-state index contributed by atoms with van der Waals surface area (Å²) in [6.45, 7) is 0. The third kappa shape index (κ3) is 5.28. The van der Waals surface area contributed by atoms with Gasteiger partial charge in [-0.2, -0.15) is 0 Å². The summed E-state index contributed by atoms with van der Waals surface area (Å²) in [5, 5.41) is 7.00. The second-order valence-corrected chi connectivity index (χ2v) is 14.1. The molecule has 0 aliphatic heterocycles. The average molecular weight is 704 g/mol. The van der Waals surface area contributed by atoms with Crippen molar-refractivity contribution in [2.24, 2.45) is 0 Å². The molecule has 0 radical (unpaired) electrons. The highest BCUT2D eigenvalue weighted by molar-refractivity contribution is 6.12. The van der Waals surface area contributed by atoms with Gasteiger partial charge in [-0.1, -0.05) is 133 Å². The van der Waals surface area contributed by atoms with Crippen LogP contribution in [-0.2, 0) is 0 Å². The fourth-order valence-corrected chi connectivity index (χ4v) is 8.25. The Morgan fingerprint density at radius 2 is 0.855 bits per heavy atom. The molecule has 9 aromatic carbocycles. The maximum absolute atomic E-state index is 6.23. The summed E-state index contributed by atoms with van der Waals surface area (Å²) in [6, 6.07) is 71.1. The minimum atomic E-state index is 0.898. The lowest BCUT2D eigenvalue weighted by Crippen LogP contribution is -2.10. The van der Waals surface area contributed by atoms with Gasteiger partial charge in [0.05, 0.1) is 0 Å². The minimum absolute atomic E-state index is 0.898. The topological polar surface area (TPSA) is 29.5 Å². The average Bonchev–Trinajstić information content (AvgIpc) is 3.83. The number of rotatable bonds is 6. The van der Waals surface area contributed by atoms with Crippen molar-refractivity contribution in [3.63, 3.8) is 0 Å². The maximum atomic E-state index is 6.23. The van der Waals surface area contributed by atoms with E-state index in [1.54, 1.807) is 0 Å². The summed E-state index contributed by atoms with van der Waals surface area (Å²) in [6.07, 6.45) is 0. The predicted molar refractivity (Wildman–Crippen MR) is 229 cm³/mol. The van der Waals surface area contributed by atoms with Crippen molar-refractivity contribution in [3.8, 4) is 33.4 Å². The lowest BCUT2D eigenvalue weighted by Gasteiger charge is -2.26. The highest BCUT2D eigenvalue weighted by Gasteiger charge is 2.17. The SMILES string of the molecule is c1cc(-c2cccc3ccccc23)cc(N(c2ccc(-c3ccc4oc5ccccc5c4c3)cc2)c2ccc(-c3cccc4oc5ccccc5c34)cc2)c1. The smallest absolute Gasteiger partial charge is 0.136 e. The summed E-state index contributed by atoms with van der Waals surface area (Å²) in [5.74, 6) is 0. The Morgan fingerprint density at radius 1 is 0.291 bits per heavy atom. The Morgan fingerprint density at radius 3 is 1.67 bits per heavy atom. The van der Waals surface area contributed by atoms with Crippen molar-refractivity contribution in [3.05, 3.63) is 200 Å². The van der Waals surface area contributed by atoms with Crippen molar-refractivity contribution < 1.29 is 8.83 Å². The molecule has 0 saturated carbocycles. The van der Waals surface area contributed by atoms with E-state index in [1.807, 2.05) is 24.3 Å². The maximum Gasteiger partial charge on any atom is 0.136 e. The second-order valence-electron chi connectivity index (χ2n) is 14.1. The van der Waals surface area contributed by atoms with Gasteiger partial charge in [-0.25, -0.2) is 0 Å². The van der Waals surface area contributed by atoms with Crippen LogP contribution >= 0.6 is 0 Å². The second kappa shape index (κ2) is 12.6. The van der Waals surface area contributed by atoms with Crippen LogP contribution in [0.1, 0.15) is 0 Å². The van der Waals surface area contributed by atoms with Crippen molar-refractivity contribution >= 4 is 71.7 Å². The molecule has 0 bridgehead atoms. The van der Waals surface area contributed by atoms with E-state index in [-0.39, 0.29) is 0 Å². The van der Waals surface area contributed by atoms with Crippen LogP contribution in [0.25, 0.3) is 88.0 Å². The van der Waals surface area contributed by atoms with Crippen molar-refractivity contribution in [2.45, 2.75) is 0 Å². The van der Waals surface area contributed by atoms with E-state index in [2.05, 4.69) is 181 Å². The summed E-state index contributed by atoms with van der Waals surface area (Å²) < 4.78 is 12.3. The van der Waals surface area contributed by atoms with Crippen LogP contribution in [-0.4, -0.2) is 0 Å². The van der Waals surface area contributed by atoms with Crippen LogP contribution in [0.15, 0.2) is 209 Å². The van der Waals surface area contributed by atoms with Crippen molar-refractivity contribution in [1.29, 1.82) is 0 Å². The van der Waals surface area contributed by atoms with Crippen LogP contribution < -0.4 is 4.90 Å². The molecule has 2 aromatic heterocycles. The van der Waals surface area contributed by atoms with Gasteiger partial charge in [0, 0.05) is 38.6 Å². The van der Waals surface area contributed by atoms with Crippen LogP contribution in [0.5, 0.6) is 0 Å². The van der Waals surface area contributed by atoms with Crippen molar-refractivity contribution in [2.75, 3.05) is 4.90 Å². The van der Waals surface area contributed by atoms with Crippen LogP contribution in [0.2, 0.25) is 0 Å². The quantitative estimate of drug-likeness (QED) is 0.173. The van der Waals surface area contributed by atoms with E-state index in [0.717, 1.165) is 83.2 Å². The fourth-order valence-electron chi connectivity index (χ4n) is 8.25. The molecule has 0 atom stereocenters. The molecular weight excluding hydrogens is 671 g/mol. The largest absolute Gasteiger partial charge is 0.456 e. The number of furan rings is 2. The standard InChI is InChI=1S/C52H33NO2/c1-2-14-42-35(10-1)11-8-17-43(42)38-12-7-13-41(32-38)53(39-27-22-34(23-28-39)37-26-31-50-47(33-37)45-15-3-5-19-48(45)54-50)40-29-24-36(25-30-40)44-18-9-21-51-52(44)46-16-4-6-20-49(46)55-51/h1-33H. The molecule has 11 rings (SSSR count). The Labute approximate surface area is 317 Å². The molecule has 0 N–H and O–H groups in total. The number of para-hydroxylation sites is 2. The number of benzene rings is 9. The Bertz CT molecular complexity index is 3200. The normalized spacial score (nSPS) is 11.6. The number of nitrogens with zero attached hydrogens (tertiary/aromatic N) is 1. The zero-order valence-electron chi connectivity index (χ0n) is 29.8. The molecule has 2 heterocycles. The first kappa shape index (κ1) is 31.2. The van der Waals surface area contributed by atoms with E-state index >= 15 is 0 Å². The Balaban J connectivity index is 1.02. The summed E-state index contributed by atoms with van der Waals surface area (Å²) in [5.41, 5.74) is 13.8. The molecule has 0 spiro atoms. The molecule has 0 aliphatic rings. The molecule has 3 heteroatoms. The van der Waals surface area contributed by atoms with E-state index in [1.165, 1.54) is 21.9 Å². The number of fused-ring (bicyclic) bond motifs is 7. The van der Waals surface area contributed by atoms with Gasteiger partial charge >= 0.3 is 0 Å². The highest BCUT2D eigenvalue weighted by Crippen LogP contribution is 2.42. The van der Waals surface area contributed by atoms with Crippen LogP contribution in [0.4, 0.5) is 17.1 Å². The van der Waals surface area contributed by atoms with E-state index in [9.17, 15) is 0 Å². The molecule has 258 valence electrons. The van der Waals surface area contributed by atoms with Gasteiger partial charge in [0.15, 0.2) is 0 Å².